The molecule has 0 aliphatic heterocycles. The molecule has 0 aliphatic rings. The molecule has 1 aromatic heterocycles. The molecule has 0 saturated heterocycles. The van der Waals surface area contributed by atoms with Crippen LogP contribution < -0.4 is 5.56 Å². The van der Waals surface area contributed by atoms with Crippen LogP contribution in [0.25, 0.3) is 10.9 Å². The molecule has 124 valence electrons. The summed E-state index contributed by atoms with van der Waals surface area (Å²) in [6, 6.07) is 5.22. The minimum Gasteiger partial charge on any atom is -0.506 e. The highest BCUT2D eigenvalue weighted by Gasteiger charge is 2.29. The number of H-pyrrole nitrogens is 1. The van der Waals surface area contributed by atoms with Crippen molar-refractivity contribution < 1.29 is 10.2 Å². The van der Waals surface area contributed by atoms with E-state index in [2.05, 4.69) is 10.3 Å². The highest BCUT2D eigenvalue weighted by molar-refractivity contribution is 5.87. The van der Waals surface area contributed by atoms with Gasteiger partial charge in [-0.05, 0) is 38.0 Å². The molecule has 0 bridgehead atoms. The first-order valence-electron chi connectivity index (χ1n) is 7.55. The molecule has 0 unspecified atom stereocenters. The van der Waals surface area contributed by atoms with E-state index in [1.807, 2.05) is 20.8 Å². The van der Waals surface area contributed by atoms with E-state index in [0.29, 0.717) is 17.4 Å². The summed E-state index contributed by atoms with van der Waals surface area (Å²) in [5.74, 6) is -0.0732. The van der Waals surface area contributed by atoms with Crippen molar-refractivity contribution >= 4 is 10.9 Å². The van der Waals surface area contributed by atoms with Crippen LogP contribution >= 0.6 is 0 Å². The van der Waals surface area contributed by atoms with Gasteiger partial charge in [-0.1, -0.05) is 13.0 Å². The number of fused-ring (bicyclic) bond motifs is 1. The van der Waals surface area contributed by atoms with E-state index < -0.39 is 12.1 Å². The number of nitrogens with one attached hydrogen (secondary N) is 1. The SMILES string of the molecule is CC[C@@H]([C@H](O)c1ccc(O)c2[nH]c(=O)ccc12)N(N=O)C(C)C. The number of phenols is 1. The highest BCUT2D eigenvalue weighted by Crippen LogP contribution is 2.33. The van der Waals surface area contributed by atoms with Crippen LogP contribution in [0.2, 0.25) is 0 Å². The summed E-state index contributed by atoms with van der Waals surface area (Å²) in [4.78, 5) is 25.1. The first kappa shape index (κ1) is 17.0. The number of benzene rings is 1. The number of aliphatic hydroxyl groups is 1. The monoisotopic (exact) mass is 319 g/mol. The molecule has 1 aromatic carbocycles. The fourth-order valence-electron chi connectivity index (χ4n) is 2.82. The number of phenolic OH excluding ortho intramolecular Hbond substituents is 1. The van der Waals surface area contributed by atoms with Gasteiger partial charge >= 0.3 is 0 Å². The van der Waals surface area contributed by atoms with E-state index in [9.17, 15) is 19.9 Å². The van der Waals surface area contributed by atoms with Crippen LogP contribution in [0.4, 0.5) is 0 Å². The molecule has 0 aliphatic carbocycles. The van der Waals surface area contributed by atoms with E-state index in [0.717, 1.165) is 0 Å². The Labute approximate surface area is 133 Å². The standard InChI is InChI=1S/C16H21N3O4/c1-4-12(19(18-23)9(2)3)16(22)11-5-7-13(20)15-10(11)6-8-14(21)17-15/h5-9,12,16,20,22H,4H2,1-3H3,(H,17,21)/t12-,16+/m0/s1. The normalized spacial score (nSPS) is 14.0. The summed E-state index contributed by atoms with van der Waals surface area (Å²) in [7, 11) is 0. The van der Waals surface area contributed by atoms with Crippen LogP contribution in [-0.2, 0) is 0 Å². The zero-order valence-corrected chi connectivity index (χ0v) is 13.4. The number of hydrogen-bond donors (Lipinski definition) is 3. The van der Waals surface area contributed by atoms with Gasteiger partial charge in [-0.15, -0.1) is 4.91 Å². The molecule has 7 nitrogen and oxygen atoms in total. The number of nitrogens with zero attached hydrogens (tertiary/aromatic N) is 2. The molecule has 0 radical (unpaired) electrons. The maximum Gasteiger partial charge on any atom is 0.248 e. The van der Waals surface area contributed by atoms with Crippen molar-refractivity contribution in [3.05, 3.63) is 45.1 Å². The number of aliphatic hydroxyl groups excluding tert-OH is 1. The van der Waals surface area contributed by atoms with Crippen LogP contribution in [0.15, 0.2) is 34.3 Å². The van der Waals surface area contributed by atoms with Gasteiger partial charge < -0.3 is 15.2 Å². The van der Waals surface area contributed by atoms with Gasteiger partial charge in [0.25, 0.3) is 0 Å². The average Bonchev–Trinajstić information content (AvgIpc) is 2.52. The van der Waals surface area contributed by atoms with Crippen molar-refractivity contribution in [2.45, 2.75) is 45.4 Å². The number of aromatic hydroxyl groups is 1. The number of pyridine rings is 1. The van der Waals surface area contributed by atoms with Gasteiger partial charge in [0.2, 0.25) is 5.56 Å². The van der Waals surface area contributed by atoms with Gasteiger partial charge in [-0.3, -0.25) is 9.80 Å². The van der Waals surface area contributed by atoms with E-state index in [-0.39, 0.29) is 22.9 Å². The van der Waals surface area contributed by atoms with Gasteiger partial charge in [0.1, 0.15) is 11.9 Å². The van der Waals surface area contributed by atoms with Crippen LogP contribution in [0.5, 0.6) is 5.75 Å². The maximum absolute atomic E-state index is 11.5. The fraction of sp³-hybridized carbons (Fsp3) is 0.438. The summed E-state index contributed by atoms with van der Waals surface area (Å²) in [5.41, 5.74) is 0.444. The first-order valence-corrected chi connectivity index (χ1v) is 7.55. The first-order chi connectivity index (χ1) is 10.9. The van der Waals surface area contributed by atoms with E-state index in [1.165, 1.54) is 17.1 Å². The van der Waals surface area contributed by atoms with Crippen LogP contribution in [0.1, 0.15) is 38.9 Å². The molecule has 23 heavy (non-hydrogen) atoms. The average molecular weight is 319 g/mol. The Balaban J connectivity index is 2.56. The second-order valence-corrected chi connectivity index (χ2v) is 5.76. The molecular formula is C16H21N3O4. The Morgan fingerprint density at radius 3 is 2.52 bits per heavy atom. The number of aromatic amines is 1. The minimum atomic E-state index is -0.992. The van der Waals surface area contributed by atoms with E-state index in [1.54, 1.807) is 12.1 Å². The smallest absolute Gasteiger partial charge is 0.248 e. The van der Waals surface area contributed by atoms with Crippen molar-refractivity contribution in [2.75, 3.05) is 0 Å². The maximum atomic E-state index is 11.5. The molecule has 0 saturated carbocycles. The van der Waals surface area contributed by atoms with Crippen molar-refractivity contribution in [1.29, 1.82) is 0 Å². The van der Waals surface area contributed by atoms with Crippen molar-refractivity contribution in [1.82, 2.24) is 9.99 Å². The summed E-state index contributed by atoms with van der Waals surface area (Å²) in [6.07, 6.45) is -0.481. The zero-order valence-electron chi connectivity index (χ0n) is 13.4. The molecule has 2 aromatic rings. The summed E-state index contributed by atoms with van der Waals surface area (Å²) in [6.45, 7) is 5.51. The second-order valence-electron chi connectivity index (χ2n) is 5.76. The van der Waals surface area contributed by atoms with Crippen LogP contribution in [-0.4, -0.2) is 32.3 Å². The summed E-state index contributed by atoms with van der Waals surface area (Å²) >= 11 is 0. The lowest BCUT2D eigenvalue weighted by Gasteiger charge is -2.32. The molecule has 0 fully saturated rings. The molecule has 3 N–H and O–H groups in total. The fourth-order valence-corrected chi connectivity index (χ4v) is 2.82. The Kier molecular flexibility index (Phi) is 5.00. The van der Waals surface area contributed by atoms with E-state index >= 15 is 0 Å². The largest absolute Gasteiger partial charge is 0.506 e. The number of nitroso groups, excluding NO2 is 1. The van der Waals surface area contributed by atoms with Crippen molar-refractivity contribution in [3.63, 3.8) is 0 Å². The van der Waals surface area contributed by atoms with Crippen molar-refractivity contribution in [2.24, 2.45) is 5.29 Å². The molecule has 0 amide bonds. The zero-order chi connectivity index (χ0) is 17.1. The lowest BCUT2D eigenvalue weighted by Crippen LogP contribution is -2.39. The highest BCUT2D eigenvalue weighted by atomic mass is 16.3. The van der Waals surface area contributed by atoms with E-state index in [4.69, 9.17) is 0 Å². The molecule has 2 rings (SSSR count). The predicted molar refractivity (Wildman–Crippen MR) is 88.0 cm³/mol. The lowest BCUT2D eigenvalue weighted by molar-refractivity contribution is 0.0293. The Bertz CT molecular complexity index is 757. The van der Waals surface area contributed by atoms with Crippen LogP contribution in [0, 0.1) is 4.91 Å². The third kappa shape index (κ3) is 3.19. The molecule has 2 atom stereocenters. The third-order valence-corrected chi connectivity index (χ3v) is 3.97. The Hall–Kier alpha value is -2.41. The van der Waals surface area contributed by atoms with Gasteiger partial charge in [-0.2, -0.15) is 0 Å². The quantitative estimate of drug-likeness (QED) is 0.560. The molecule has 0 spiro atoms. The molecule has 7 heteroatoms. The Morgan fingerprint density at radius 1 is 1.26 bits per heavy atom. The molecule has 1 heterocycles. The van der Waals surface area contributed by atoms with Crippen LogP contribution in [0.3, 0.4) is 0 Å². The Morgan fingerprint density at radius 2 is 1.96 bits per heavy atom. The summed E-state index contributed by atoms with van der Waals surface area (Å²) < 4.78 is 0. The topological polar surface area (TPSA) is 106 Å². The number of rotatable bonds is 6. The summed E-state index contributed by atoms with van der Waals surface area (Å²) in [5, 5.41) is 25.6. The minimum absolute atomic E-state index is 0.0732. The van der Waals surface area contributed by atoms with Crippen molar-refractivity contribution in [3.8, 4) is 5.75 Å². The lowest BCUT2D eigenvalue weighted by atomic mass is 9.95. The van der Waals surface area contributed by atoms with Gasteiger partial charge in [0.15, 0.2) is 0 Å². The third-order valence-electron chi connectivity index (χ3n) is 3.97. The predicted octanol–water partition coefficient (Wildman–Crippen LogP) is 2.44. The number of aromatic nitrogens is 1. The van der Waals surface area contributed by atoms with Gasteiger partial charge in [0, 0.05) is 17.5 Å². The molecular weight excluding hydrogens is 298 g/mol. The van der Waals surface area contributed by atoms with Gasteiger partial charge in [0.05, 0.1) is 16.8 Å². The van der Waals surface area contributed by atoms with Gasteiger partial charge in [-0.25, -0.2) is 0 Å². The second kappa shape index (κ2) is 6.78. The number of hydrogen-bond acceptors (Lipinski definition) is 5.